The van der Waals surface area contributed by atoms with Crippen molar-refractivity contribution >= 4 is 5.97 Å². The fourth-order valence-corrected chi connectivity index (χ4v) is 3.06. The van der Waals surface area contributed by atoms with E-state index in [0.29, 0.717) is 24.8 Å². The lowest BCUT2D eigenvalue weighted by molar-refractivity contribution is -0.140. The molecular formula is C17H22F3NO2. The lowest BCUT2D eigenvalue weighted by Crippen LogP contribution is -2.26. The van der Waals surface area contributed by atoms with Gasteiger partial charge in [0.05, 0.1) is 5.92 Å². The first-order valence-corrected chi connectivity index (χ1v) is 8.24. The van der Waals surface area contributed by atoms with Crippen LogP contribution in [-0.2, 0) is 4.79 Å². The smallest absolute Gasteiger partial charge is 0.314 e. The van der Waals surface area contributed by atoms with Gasteiger partial charge in [-0.15, -0.1) is 0 Å². The zero-order chi connectivity index (χ0) is 16.8. The number of halogens is 3. The summed E-state index contributed by atoms with van der Waals surface area (Å²) in [7, 11) is 0. The van der Waals surface area contributed by atoms with Crippen LogP contribution in [0.5, 0.6) is 5.75 Å². The van der Waals surface area contributed by atoms with Gasteiger partial charge in [0.1, 0.15) is 0 Å². The molecule has 3 nitrogen and oxygen atoms in total. The number of nitrogens with zero attached hydrogens (tertiary/aromatic N) is 1. The molecule has 2 rings (SSSR count). The van der Waals surface area contributed by atoms with Crippen molar-refractivity contribution in [2.75, 3.05) is 0 Å². The molecule has 1 aromatic rings. The molecule has 0 atom stereocenters. The highest BCUT2D eigenvalue weighted by atomic mass is 19.2. The number of aromatic nitrogens is 1. The van der Waals surface area contributed by atoms with E-state index in [1.165, 1.54) is 25.7 Å². The highest BCUT2D eigenvalue weighted by Crippen LogP contribution is 2.33. The Morgan fingerprint density at radius 1 is 1.17 bits per heavy atom. The molecule has 0 saturated heterocycles. The fraction of sp³-hybridized carbons (Fsp3) is 0.647. The predicted molar refractivity (Wildman–Crippen MR) is 79.3 cm³/mol. The third-order valence-corrected chi connectivity index (χ3v) is 4.46. The van der Waals surface area contributed by atoms with E-state index in [2.05, 4.69) is 11.9 Å². The van der Waals surface area contributed by atoms with Gasteiger partial charge in [0.15, 0.2) is 11.6 Å². The molecule has 23 heavy (non-hydrogen) atoms. The topological polar surface area (TPSA) is 39.2 Å². The molecule has 1 aliphatic carbocycles. The molecule has 128 valence electrons. The molecule has 0 amide bonds. The number of pyridine rings is 1. The van der Waals surface area contributed by atoms with Gasteiger partial charge in [0.2, 0.25) is 0 Å². The van der Waals surface area contributed by atoms with E-state index in [1.54, 1.807) is 0 Å². The maximum Gasteiger partial charge on any atom is 0.314 e. The lowest BCUT2D eigenvalue weighted by Gasteiger charge is -2.27. The average Bonchev–Trinajstić information content (AvgIpc) is 2.53. The Morgan fingerprint density at radius 3 is 2.52 bits per heavy atom. The van der Waals surface area contributed by atoms with Crippen LogP contribution in [-0.4, -0.2) is 11.0 Å². The molecule has 0 spiro atoms. The maximum atomic E-state index is 13.4. The Hall–Kier alpha value is -1.59. The summed E-state index contributed by atoms with van der Waals surface area (Å²) in [5.41, 5.74) is 0. The summed E-state index contributed by atoms with van der Waals surface area (Å²) in [6, 6.07) is 0.520. The predicted octanol–water partition coefficient (Wildman–Crippen LogP) is 4.79. The molecule has 0 aliphatic heterocycles. The van der Waals surface area contributed by atoms with Crippen molar-refractivity contribution in [2.45, 2.75) is 58.3 Å². The summed E-state index contributed by atoms with van der Waals surface area (Å²) >= 11 is 0. The van der Waals surface area contributed by atoms with Gasteiger partial charge < -0.3 is 4.74 Å². The Morgan fingerprint density at radius 2 is 1.87 bits per heavy atom. The number of carbonyl (C=O) groups excluding carboxylic acids is 1. The molecule has 0 radical (unpaired) electrons. The number of hydrogen-bond acceptors (Lipinski definition) is 3. The molecule has 1 heterocycles. The Labute approximate surface area is 134 Å². The van der Waals surface area contributed by atoms with Gasteiger partial charge in [-0.3, -0.25) is 4.79 Å². The number of ether oxygens (including phenoxy) is 1. The van der Waals surface area contributed by atoms with Gasteiger partial charge in [0.25, 0.3) is 11.9 Å². The minimum absolute atomic E-state index is 0.315. The second-order valence-electron chi connectivity index (χ2n) is 6.18. The largest absolute Gasteiger partial charge is 0.421 e. The van der Waals surface area contributed by atoms with Crippen molar-refractivity contribution in [3.8, 4) is 5.75 Å². The third-order valence-electron chi connectivity index (χ3n) is 4.46. The van der Waals surface area contributed by atoms with Crippen molar-refractivity contribution < 1.29 is 22.7 Å². The van der Waals surface area contributed by atoms with Crippen LogP contribution >= 0.6 is 0 Å². The SMILES string of the molecule is CCCCC[C@H]1CC[C@H](C(=O)Oc2cc(F)c(F)nc2F)CC1. The quantitative estimate of drug-likeness (QED) is 0.428. The molecular weight excluding hydrogens is 307 g/mol. The van der Waals surface area contributed by atoms with Crippen molar-refractivity contribution in [1.29, 1.82) is 0 Å². The molecule has 1 aliphatic rings. The molecule has 0 aromatic carbocycles. The highest BCUT2D eigenvalue weighted by molar-refractivity contribution is 5.75. The number of esters is 1. The van der Waals surface area contributed by atoms with E-state index in [0.717, 1.165) is 12.8 Å². The van der Waals surface area contributed by atoms with Gasteiger partial charge in [-0.05, 0) is 31.6 Å². The van der Waals surface area contributed by atoms with E-state index < -0.39 is 29.4 Å². The molecule has 0 unspecified atom stereocenters. The number of unbranched alkanes of at least 4 members (excludes halogenated alkanes) is 2. The van der Waals surface area contributed by atoms with E-state index >= 15 is 0 Å². The monoisotopic (exact) mass is 329 g/mol. The van der Waals surface area contributed by atoms with Crippen molar-refractivity contribution in [2.24, 2.45) is 11.8 Å². The molecule has 0 bridgehead atoms. The van der Waals surface area contributed by atoms with E-state index in [4.69, 9.17) is 4.74 Å². The fourth-order valence-electron chi connectivity index (χ4n) is 3.06. The van der Waals surface area contributed by atoms with Crippen molar-refractivity contribution in [3.05, 3.63) is 23.8 Å². The summed E-state index contributed by atoms with van der Waals surface area (Å²) in [5.74, 6) is -5.13. The standard InChI is InChI=1S/C17H22F3NO2/c1-2-3-4-5-11-6-8-12(9-7-11)17(22)23-14-10-13(18)15(19)21-16(14)20/h10-12H,2-9H2,1H3/t11-,12-. The lowest BCUT2D eigenvalue weighted by atomic mass is 9.80. The van der Waals surface area contributed by atoms with Crippen LogP contribution in [0.1, 0.15) is 58.3 Å². The summed E-state index contributed by atoms with van der Waals surface area (Å²) in [4.78, 5) is 14.8. The molecule has 1 fully saturated rings. The van der Waals surface area contributed by atoms with Gasteiger partial charge in [-0.25, -0.2) is 4.39 Å². The first-order valence-electron chi connectivity index (χ1n) is 8.24. The van der Waals surface area contributed by atoms with Gasteiger partial charge in [0, 0.05) is 6.07 Å². The Bertz CT molecular complexity index is 543. The van der Waals surface area contributed by atoms with Crippen molar-refractivity contribution in [1.82, 2.24) is 4.98 Å². The Kier molecular flexibility index (Phi) is 6.42. The van der Waals surface area contributed by atoms with E-state index in [9.17, 15) is 18.0 Å². The molecule has 0 N–H and O–H groups in total. The maximum absolute atomic E-state index is 13.4. The number of hydrogen-bond donors (Lipinski definition) is 0. The summed E-state index contributed by atoms with van der Waals surface area (Å²) in [6.45, 7) is 2.17. The van der Waals surface area contributed by atoms with Crippen LogP contribution < -0.4 is 4.74 Å². The van der Waals surface area contributed by atoms with Crippen LogP contribution in [0.2, 0.25) is 0 Å². The van der Waals surface area contributed by atoms with Crippen LogP contribution in [0.25, 0.3) is 0 Å². The van der Waals surface area contributed by atoms with Gasteiger partial charge >= 0.3 is 5.97 Å². The zero-order valence-electron chi connectivity index (χ0n) is 13.3. The van der Waals surface area contributed by atoms with Crippen LogP contribution in [0.4, 0.5) is 13.2 Å². The van der Waals surface area contributed by atoms with Crippen LogP contribution in [0.3, 0.4) is 0 Å². The van der Waals surface area contributed by atoms with E-state index in [-0.39, 0.29) is 5.92 Å². The third kappa shape index (κ3) is 4.94. The minimum atomic E-state index is -1.55. The van der Waals surface area contributed by atoms with Crippen molar-refractivity contribution in [3.63, 3.8) is 0 Å². The highest BCUT2D eigenvalue weighted by Gasteiger charge is 2.28. The number of rotatable bonds is 6. The normalized spacial score (nSPS) is 21.2. The second kappa shape index (κ2) is 8.31. The van der Waals surface area contributed by atoms with Crippen LogP contribution in [0.15, 0.2) is 6.07 Å². The summed E-state index contributed by atoms with van der Waals surface area (Å²) < 4.78 is 44.1. The van der Waals surface area contributed by atoms with Crippen LogP contribution in [0, 0.1) is 29.5 Å². The summed E-state index contributed by atoms with van der Waals surface area (Å²) in [5, 5.41) is 0. The number of carbonyl (C=O) groups is 1. The molecule has 6 heteroatoms. The average molecular weight is 329 g/mol. The first kappa shape index (κ1) is 17.8. The minimum Gasteiger partial charge on any atom is -0.421 e. The second-order valence-corrected chi connectivity index (χ2v) is 6.18. The first-order chi connectivity index (χ1) is 11.0. The zero-order valence-corrected chi connectivity index (χ0v) is 13.3. The van der Waals surface area contributed by atoms with Gasteiger partial charge in [-0.2, -0.15) is 13.8 Å². The van der Waals surface area contributed by atoms with Gasteiger partial charge in [-0.1, -0.05) is 32.6 Å². The summed E-state index contributed by atoms with van der Waals surface area (Å²) in [6.07, 6.45) is 8.08. The Balaban J connectivity index is 1.85. The van der Waals surface area contributed by atoms with E-state index in [1.807, 2.05) is 0 Å². The molecule has 1 saturated carbocycles. The molecule has 1 aromatic heterocycles.